The Labute approximate surface area is 118 Å². The summed E-state index contributed by atoms with van der Waals surface area (Å²) in [6.45, 7) is 7.45. The third-order valence-corrected chi connectivity index (χ3v) is 3.75. The van der Waals surface area contributed by atoms with Crippen LogP contribution >= 0.6 is 12.2 Å². The number of nitrogens with zero attached hydrogens (tertiary/aromatic N) is 2. The van der Waals surface area contributed by atoms with Crippen molar-refractivity contribution in [1.29, 1.82) is 0 Å². The normalized spacial score (nSPS) is 16.2. The molecule has 1 rings (SSSR count). The Morgan fingerprint density at radius 2 is 1.68 bits per heavy atom. The van der Waals surface area contributed by atoms with Crippen molar-refractivity contribution in [3.8, 4) is 0 Å². The van der Waals surface area contributed by atoms with Crippen molar-refractivity contribution >= 4 is 29.2 Å². The van der Waals surface area contributed by atoms with Gasteiger partial charge in [-0.1, -0.05) is 12.2 Å². The lowest BCUT2D eigenvalue weighted by atomic mass is 9.91. The summed E-state index contributed by atoms with van der Waals surface area (Å²) >= 11 is 4.92. The van der Waals surface area contributed by atoms with Gasteiger partial charge < -0.3 is 20.3 Å². The van der Waals surface area contributed by atoms with E-state index in [0.717, 1.165) is 0 Å². The highest BCUT2D eigenvalue weighted by molar-refractivity contribution is 7.80. The highest BCUT2D eigenvalue weighted by atomic mass is 32.1. The molecular formula is C12H21N3O3S. The van der Waals surface area contributed by atoms with Crippen LogP contribution in [-0.4, -0.2) is 59.6 Å². The number of hydrogen-bond acceptors (Lipinski definition) is 4. The van der Waals surface area contributed by atoms with Gasteiger partial charge in [0, 0.05) is 26.2 Å². The molecule has 0 aliphatic carbocycles. The molecule has 1 fully saturated rings. The minimum atomic E-state index is -0.846. The minimum Gasteiger partial charge on any atom is -0.450 e. The molecule has 0 bridgehead atoms. The molecule has 0 atom stereocenters. The fourth-order valence-electron chi connectivity index (χ4n) is 1.81. The first-order valence-electron chi connectivity index (χ1n) is 6.31. The number of carbonyl (C=O) groups is 2. The molecule has 0 aromatic heterocycles. The lowest BCUT2D eigenvalue weighted by molar-refractivity contribution is -0.138. The topological polar surface area (TPSA) is 75.9 Å². The summed E-state index contributed by atoms with van der Waals surface area (Å²) in [6.07, 6.45) is -0.330. The van der Waals surface area contributed by atoms with Gasteiger partial charge in [0.2, 0.25) is 5.91 Å². The molecule has 0 aromatic rings. The van der Waals surface area contributed by atoms with Crippen molar-refractivity contribution in [3.63, 3.8) is 0 Å². The van der Waals surface area contributed by atoms with Crippen LogP contribution in [0.1, 0.15) is 20.8 Å². The Morgan fingerprint density at radius 1 is 1.21 bits per heavy atom. The number of hydrogen-bond donors (Lipinski definition) is 1. The Morgan fingerprint density at radius 3 is 2.11 bits per heavy atom. The fraction of sp³-hybridized carbons (Fsp3) is 0.750. The van der Waals surface area contributed by atoms with Gasteiger partial charge in [-0.15, -0.1) is 0 Å². The zero-order chi connectivity index (χ0) is 14.6. The summed E-state index contributed by atoms with van der Waals surface area (Å²) in [5.74, 6) is -0.0940. The minimum absolute atomic E-state index is 0.0940. The zero-order valence-electron chi connectivity index (χ0n) is 11.6. The molecule has 1 saturated heterocycles. The molecule has 6 nitrogen and oxygen atoms in total. The Hall–Kier alpha value is -1.37. The second kappa shape index (κ2) is 6.18. The molecule has 1 heterocycles. The van der Waals surface area contributed by atoms with Crippen molar-refractivity contribution in [2.45, 2.75) is 20.8 Å². The molecule has 2 amide bonds. The van der Waals surface area contributed by atoms with Crippen LogP contribution in [0.5, 0.6) is 0 Å². The number of thiocarbonyl (C=S) groups is 1. The van der Waals surface area contributed by atoms with Crippen molar-refractivity contribution in [3.05, 3.63) is 0 Å². The second-order valence-electron chi connectivity index (χ2n) is 4.97. The van der Waals surface area contributed by atoms with Crippen molar-refractivity contribution in [2.75, 3.05) is 32.8 Å². The van der Waals surface area contributed by atoms with Crippen LogP contribution in [0.3, 0.4) is 0 Å². The first-order valence-corrected chi connectivity index (χ1v) is 6.72. The van der Waals surface area contributed by atoms with Gasteiger partial charge in [-0.2, -0.15) is 0 Å². The molecule has 7 heteroatoms. The molecule has 19 heavy (non-hydrogen) atoms. The number of carbonyl (C=O) groups excluding carboxylic acids is 2. The van der Waals surface area contributed by atoms with Gasteiger partial charge in [-0.05, 0) is 20.8 Å². The zero-order valence-corrected chi connectivity index (χ0v) is 12.5. The molecule has 0 saturated carbocycles. The van der Waals surface area contributed by atoms with E-state index in [-0.39, 0.29) is 17.0 Å². The van der Waals surface area contributed by atoms with E-state index in [4.69, 9.17) is 22.7 Å². The van der Waals surface area contributed by atoms with E-state index in [1.807, 2.05) is 0 Å². The van der Waals surface area contributed by atoms with Crippen molar-refractivity contribution in [1.82, 2.24) is 9.80 Å². The quantitative estimate of drug-likeness (QED) is 0.769. The van der Waals surface area contributed by atoms with E-state index < -0.39 is 5.41 Å². The molecule has 2 N–H and O–H groups in total. The maximum atomic E-state index is 12.3. The average molecular weight is 287 g/mol. The van der Waals surface area contributed by atoms with E-state index in [9.17, 15) is 9.59 Å². The molecule has 0 aromatic carbocycles. The summed E-state index contributed by atoms with van der Waals surface area (Å²) in [5.41, 5.74) is 4.75. The Balaban J connectivity index is 2.57. The SMILES string of the molecule is CCOC(=O)N1CCN(C(=O)C(C)(C)C(N)=S)CC1. The number of nitrogens with two attached hydrogens (primary N) is 1. The standard InChI is InChI=1S/C12H21N3O3S/c1-4-18-11(17)15-7-5-14(6-8-15)10(16)12(2,3)9(13)19/h4-8H2,1-3H3,(H2,13,19). The highest BCUT2D eigenvalue weighted by Gasteiger charge is 2.36. The highest BCUT2D eigenvalue weighted by Crippen LogP contribution is 2.20. The second-order valence-corrected chi connectivity index (χ2v) is 5.41. The van der Waals surface area contributed by atoms with Gasteiger partial charge in [0.05, 0.1) is 17.0 Å². The summed E-state index contributed by atoms with van der Waals surface area (Å²) in [7, 11) is 0. The van der Waals surface area contributed by atoms with E-state index in [0.29, 0.717) is 32.8 Å². The molecule has 1 aliphatic heterocycles. The van der Waals surface area contributed by atoms with E-state index in [1.165, 1.54) is 0 Å². The number of rotatable bonds is 3. The molecule has 0 radical (unpaired) electrons. The van der Waals surface area contributed by atoms with Crippen molar-refractivity contribution < 1.29 is 14.3 Å². The Kier molecular flexibility index (Phi) is 5.11. The van der Waals surface area contributed by atoms with Gasteiger partial charge in [0.1, 0.15) is 0 Å². The van der Waals surface area contributed by atoms with Gasteiger partial charge in [-0.25, -0.2) is 4.79 Å². The molecule has 0 spiro atoms. The lowest BCUT2D eigenvalue weighted by Crippen LogP contribution is -2.55. The van der Waals surface area contributed by atoms with Gasteiger partial charge in [0.15, 0.2) is 0 Å². The van der Waals surface area contributed by atoms with E-state index >= 15 is 0 Å². The van der Waals surface area contributed by atoms with Crippen LogP contribution in [0.2, 0.25) is 0 Å². The Bertz CT molecular complexity index is 376. The number of piperazine rings is 1. The molecular weight excluding hydrogens is 266 g/mol. The lowest BCUT2D eigenvalue weighted by Gasteiger charge is -2.37. The third-order valence-electron chi connectivity index (χ3n) is 3.24. The fourth-order valence-corrected chi connectivity index (χ4v) is 1.89. The average Bonchev–Trinajstić information content (AvgIpc) is 2.38. The van der Waals surface area contributed by atoms with Gasteiger partial charge in [-0.3, -0.25) is 4.79 Å². The summed E-state index contributed by atoms with van der Waals surface area (Å²) in [6, 6.07) is 0. The maximum Gasteiger partial charge on any atom is 0.409 e. The number of ether oxygens (including phenoxy) is 1. The molecule has 1 aliphatic rings. The smallest absolute Gasteiger partial charge is 0.409 e. The van der Waals surface area contributed by atoms with Crippen LogP contribution in [0, 0.1) is 5.41 Å². The molecule has 108 valence electrons. The number of amides is 2. The van der Waals surface area contributed by atoms with E-state index in [1.54, 1.807) is 30.6 Å². The maximum absolute atomic E-state index is 12.3. The van der Waals surface area contributed by atoms with Crippen LogP contribution in [0.25, 0.3) is 0 Å². The summed E-state index contributed by atoms with van der Waals surface area (Å²) in [5, 5.41) is 0. The van der Waals surface area contributed by atoms with Gasteiger partial charge in [0.25, 0.3) is 0 Å². The first-order chi connectivity index (χ1) is 8.80. The predicted molar refractivity (Wildman–Crippen MR) is 75.7 cm³/mol. The van der Waals surface area contributed by atoms with Crippen molar-refractivity contribution in [2.24, 2.45) is 11.1 Å². The summed E-state index contributed by atoms with van der Waals surface area (Å²) < 4.78 is 4.93. The third kappa shape index (κ3) is 3.56. The van der Waals surface area contributed by atoms with Crippen LogP contribution in [-0.2, 0) is 9.53 Å². The predicted octanol–water partition coefficient (Wildman–Crippen LogP) is 0.599. The first kappa shape index (κ1) is 15.7. The van der Waals surface area contributed by atoms with Gasteiger partial charge >= 0.3 is 6.09 Å². The van der Waals surface area contributed by atoms with Crippen LogP contribution < -0.4 is 5.73 Å². The van der Waals surface area contributed by atoms with Crippen LogP contribution in [0.4, 0.5) is 4.79 Å². The van der Waals surface area contributed by atoms with Crippen LogP contribution in [0.15, 0.2) is 0 Å². The monoisotopic (exact) mass is 287 g/mol. The summed E-state index contributed by atoms with van der Waals surface area (Å²) in [4.78, 5) is 27.3. The largest absolute Gasteiger partial charge is 0.450 e. The molecule has 0 unspecified atom stereocenters. The van der Waals surface area contributed by atoms with E-state index in [2.05, 4.69) is 0 Å².